The van der Waals surface area contributed by atoms with E-state index in [4.69, 9.17) is 24.3 Å². The Hall–Kier alpha value is -3.66. The maximum atomic E-state index is 12.5. The van der Waals surface area contributed by atoms with Crippen molar-refractivity contribution in [2.24, 2.45) is 5.73 Å². The van der Waals surface area contributed by atoms with Gasteiger partial charge in [0.15, 0.2) is 11.9 Å². The van der Waals surface area contributed by atoms with Crippen molar-refractivity contribution in [3.8, 4) is 0 Å². The van der Waals surface area contributed by atoms with Crippen LogP contribution in [0.2, 0.25) is 0 Å². The van der Waals surface area contributed by atoms with Crippen LogP contribution in [0.25, 0.3) is 0 Å². The maximum absolute atomic E-state index is 12.5. The van der Waals surface area contributed by atoms with Crippen molar-refractivity contribution in [1.29, 1.82) is 0 Å². The number of hydrogen-bond donors (Lipinski definition) is 2. The first-order valence-corrected chi connectivity index (χ1v) is 22.8. The molecule has 58 heavy (non-hydrogen) atoms. The molecule has 3 N–H and O–H groups in total. The molecule has 0 amide bonds. The Morgan fingerprint density at radius 1 is 0.569 bits per heavy atom. The van der Waals surface area contributed by atoms with Gasteiger partial charge in [0.05, 0.1) is 13.2 Å². The highest BCUT2D eigenvalue weighted by molar-refractivity contribution is 7.47. The van der Waals surface area contributed by atoms with E-state index in [2.05, 4.69) is 68.5 Å². The zero-order valence-electron chi connectivity index (χ0n) is 35.5. The van der Waals surface area contributed by atoms with Crippen LogP contribution in [-0.2, 0) is 37.5 Å². The van der Waals surface area contributed by atoms with E-state index in [1.807, 2.05) is 42.5 Å². The van der Waals surface area contributed by atoms with E-state index in [0.717, 1.165) is 57.8 Å². The molecule has 11 heteroatoms. The second-order valence-electron chi connectivity index (χ2n) is 13.5. The van der Waals surface area contributed by atoms with Crippen LogP contribution in [0.3, 0.4) is 0 Å². The summed E-state index contributed by atoms with van der Waals surface area (Å²) in [5, 5.41) is 0. The summed E-state index contributed by atoms with van der Waals surface area (Å²) in [5.41, 5.74) is 5.33. The molecule has 326 valence electrons. The van der Waals surface area contributed by atoms with Crippen LogP contribution in [0, 0.1) is 0 Å². The molecule has 0 aliphatic carbocycles. The molecular weight excluding hydrogens is 753 g/mol. The predicted octanol–water partition coefficient (Wildman–Crippen LogP) is 11.6. The Bertz CT molecular complexity index is 1370. The van der Waals surface area contributed by atoms with Crippen molar-refractivity contribution >= 4 is 25.5 Å². The van der Waals surface area contributed by atoms with Gasteiger partial charge in [-0.2, -0.15) is 0 Å². The fourth-order valence-electron chi connectivity index (χ4n) is 4.92. The fraction of sp³-hybridized carbons (Fsp3) is 0.553. The number of carbonyl (C=O) groups is 3. The van der Waals surface area contributed by atoms with Gasteiger partial charge in [-0.05, 0) is 83.1 Å². The summed E-state index contributed by atoms with van der Waals surface area (Å²) in [6.45, 7) is 3.34. The van der Waals surface area contributed by atoms with Gasteiger partial charge >= 0.3 is 19.8 Å². The van der Waals surface area contributed by atoms with Gasteiger partial charge in [0.25, 0.3) is 0 Å². The lowest BCUT2D eigenvalue weighted by Gasteiger charge is -2.19. The molecule has 0 fully saturated rings. The summed E-state index contributed by atoms with van der Waals surface area (Å²) in [5.74, 6) is -0.875. The molecule has 10 nitrogen and oxygen atoms in total. The van der Waals surface area contributed by atoms with E-state index >= 15 is 0 Å². The molecule has 0 spiro atoms. The Balaban J connectivity index is 4.46. The van der Waals surface area contributed by atoms with Crippen LogP contribution < -0.4 is 5.73 Å². The SMILES string of the molecule is CCCCC/C=C\C/C=C\C/C=C\C/C=C\C/C=C\CCC(=O)O[C@H](COC(=O)CCC/C=C\C/C=C\C/C=C\C=C\C(=O)CCCCC)COP(=O)(O)OCCN. The third-order valence-corrected chi connectivity index (χ3v) is 9.11. The number of phosphoric ester groups is 1. The zero-order chi connectivity index (χ0) is 42.6. The molecule has 0 saturated heterocycles. The lowest BCUT2D eigenvalue weighted by atomic mass is 10.1. The lowest BCUT2D eigenvalue weighted by molar-refractivity contribution is -0.161. The van der Waals surface area contributed by atoms with Crippen LogP contribution in [-0.4, -0.2) is 55.1 Å². The third-order valence-electron chi connectivity index (χ3n) is 8.12. The predicted molar refractivity (Wildman–Crippen MR) is 238 cm³/mol. The Morgan fingerprint density at radius 2 is 1.09 bits per heavy atom. The third kappa shape index (κ3) is 40.5. The monoisotopic (exact) mass is 828 g/mol. The minimum absolute atomic E-state index is 0.0194. The molecule has 0 aromatic rings. The average molecular weight is 828 g/mol. The molecule has 0 radical (unpaired) electrons. The van der Waals surface area contributed by atoms with Crippen LogP contribution in [0.1, 0.15) is 136 Å². The number of allylic oxidation sites excluding steroid dienone is 18. The molecule has 0 aliphatic heterocycles. The van der Waals surface area contributed by atoms with Crippen LogP contribution in [0.15, 0.2) is 109 Å². The van der Waals surface area contributed by atoms with Crippen LogP contribution in [0.5, 0.6) is 0 Å². The second-order valence-corrected chi connectivity index (χ2v) is 15.0. The van der Waals surface area contributed by atoms with Gasteiger partial charge in [-0.15, -0.1) is 0 Å². The Morgan fingerprint density at radius 3 is 1.66 bits per heavy atom. The van der Waals surface area contributed by atoms with E-state index < -0.39 is 32.5 Å². The number of esters is 2. The summed E-state index contributed by atoms with van der Waals surface area (Å²) >= 11 is 0. The van der Waals surface area contributed by atoms with Crippen molar-refractivity contribution in [2.45, 2.75) is 142 Å². The normalized spacial score (nSPS) is 14.3. The van der Waals surface area contributed by atoms with E-state index in [1.165, 1.54) is 25.7 Å². The van der Waals surface area contributed by atoms with Crippen LogP contribution in [0.4, 0.5) is 0 Å². The molecule has 0 aliphatic rings. The molecule has 2 atom stereocenters. The number of carbonyl (C=O) groups excluding carboxylic acids is 3. The quantitative estimate of drug-likeness (QED) is 0.0154. The molecule has 0 rings (SSSR count). The van der Waals surface area contributed by atoms with Gasteiger partial charge in [-0.25, -0.2) is 4.57 Å². The number of unbranched alkanes of at least 4 members (excludes halogenated alkanes) is 6. The first-order chi connectivity index (χ1) is 28.2. The minimum atomic E-state index is -4.43. The number of hydrogen-bond acceptors (Lipinski definition) is 9. The molecular formula is C47H74NO9P. The first-order valence-electron chi connectivity index (χ1n) is 21.3. The van der Waals surface area contributed by atoms with Crippen molar-refractivity contribution < 1.29 is 42.4 Å². The average Bonchev–Trinajstić information content (AvgIpc) is 3.20. The number of ketones is 1. The zero-order valence-corrected chi connectivity index (χ0v) is 36.4. The van der Waals surface area contributed by atoms with Gasteiger partial charge in [0.2, 0.25) is 0 Å². The molecule has 0 aromatic carbocycles. The number of phosphoric acid groups is 1. The summed E-state index contributed by atoms with van der Waals surface area (Å²) in [6.07, 6.45) is 51.2. The lowest BCUT2D eigenvalue weighted by Crippen LogP contribution is -2.29. The van der Waals surface area contributed by atoms with Crippen molar-refractivity contribution in [3.05, 3.63) is 109 Å². The van der Waals surface area contributed by atoms with E-state index in [0.29, 0.717) is 25.7 Å². The largest absolute Gasteiger partial charge is 0.472 e. The highest BCUT2D eigenvalue weighted by Gasteiger charge is 2.25. The summed E-state index contributed by atoms with van der Waals surface area (Å²) in [7, 11) is -4.43. The smallest absolute Gasteiger partial charge is 0.462 e. The van der Waals surface area contributed by atoms with E-state index in [9.17, 15) is 23.8 Å². The van der Waals surface area contributed by atoms with E-state index in [1.54, 1.807) is 12.2 Å². The molecule has 0 aromatic heterocycles. The van der Waals surface area contributed by atoms with Gasteiger partial charge in [-0.1, -0.05) is 143 Å². The summed E-state index contributed by atoms with van der Waals surface area (Å²) in [4.78, 5) is 46.5. The van der Waals surface area contributed by atoms with E-state index in [-0.39, 0.29) is 38.4 Å². The standard InChI is InChI=1S/C47H74NO9P/c1-3-5-7-8-9-10-11-12-13-14-15-16-17-18-21-25-28-31-35-39-47(51)57-45(43-56-58(52,53)55-41-40-48)42-54-46(50)38-34-30-27-24-22-19-20-23-26-29-33-37-44(49)36-32-6-4-2/h9-10,12-13,15-16,18-21,24,26-29,31,33,37,45H,3-8,11,14,17,22-23,25,30,32,34-36,38-43,48H2,1-2H3,(H,52,53)/b10-9-,13-12-,16-15-,20-19-,21-18-,27-24-,29-26-,31-28-,37-33+/t45-/m1/s1. The van der Waals surface area contributed by atoms with Crippen molar-refractivity contribution in [3.63, 3.8) is 0 Å². The minimum Gasteiger partial charge on any atom is -0.462 e. The fourth-order valence-corrected chi connectivity index (χ4v) is 5.68. The topological polar surface area (TPSA) is 151 Å². The Labute approximate surface area is 350 Å². The second kappa shape index (κ2) is 41.5. The molecule has 0 heterocycles. The highest BCUT2D eigenvalue weighted by Crippen LogP contribution is 2.43. The van der Waals surface area contributed by atoms with Gasteiger partial charge in [-0.3, -0.25) is 23.4 Å². The molecule has 1 unspecified atom stereocenters. The number of rotatable bonds is 38. The summed E-state index contributed by atoms with van der Waals surface area (Å²) in [6, 6.07) is 0. The maximum Gasteiger partial charge on any atom is 0.472 e. The Kier molecular flexibility index (Phi) is 38.9. The van der Waals surface area contributed by atoms with Crippen molar-refractivity contribution in [1.82, 2.24) is 0 Å². The highest BCUT2D eigenvalue weighted by atomic mass is 31.2. The van der Waals surface area contributed by atoms with Crippen LogP contribution >= 0.6 is 7.82 Å². The first kappa shape index (κ1) is 54.3. The molecule has 0 saturated carbocycles. The summed E-state index contributed by atoms with van der Waals surface area (Å²) < 4.78 is 32.6. The number of ether oxygens (including phenoxy) is 2. The molecule has 0 bridgehead atoms. The number of nitrogens with two attached hydrogens (primary N) is 1. The van der Waals surface area contributed by atoms with Gasteiger partial charge in [0.1, 0.15) is 6.61 Å². The van der Waals surface area contributed by atoms with Gasteiger partial charge in [0, 0.05) is 25.8 Å². The van der Waals surface area contributed by atoms with Gasteiger partial charge < -0.3 is 20.1 Å². The van der Waals surface area contributed by atoms with Crippen molar-refractivity contribution in [2.75, 3.05) is 26.4 Å².